The predicted molar refractivity (Wildman–Crippen MR) is 89.9 cm³/mol. The summed E-state index contributed by atoms with van der Waals surface area (Å²) in [5.41, 5.74) is 0.252. The molecule has 1 aromatic carbocycles. The molecule has 0 radical (unpaired) electrons. The molecule has 0 fully saturated rings. The van der Waals surface area contributed by atoms with Gasteiger partial charge >= 0.3 is 12.0 Å². The first-order valence-electron chi connectivity index (χ1n) is 6.56. The number of hydrogen-bond acceptors (Lipinski definition) is 2. The van der Waals surface area contributed by atoms with Crippen molar-refractivity contribution in [1.82, 2.24) is 5.32 Å². The van der Waals surface area contributed by atoms with E-state index in [4.69, 9.17) is 0 Å². The molecule has 0 aliphatic rings. The Balaban J connectivity index is 2.92. The molecule has 7 heteroatoms. The molecule has 116 valence electrons. The van der Waals surface area contributed by atoms with Gasteiger partial charge in [0.2, 0.25) is 0 Å². The second-order valence-corrected chi connectivity index (χ2v) is 6.66. The van der Waals surface area contributed by atoms with Gasteiger partial charge in [0.1, 0.15) is 0 Å². The Hall–Kier alpha value is -1.08. The highest BCUT2D eigenvalue weighted by Crippen LogP contribution is 2.30. The SMILES string of the molecule is CCC(C)C(C)NC(=O)Nc1c(Br)cc(Br)cc1C(=O)O. The Labute approximate surface area is 140 Å². The zero-order valence-corrected chi connectivity index (χ0v) is 15.2. The number of urea groups is 1. The van der Waals surface area contributed by atoms with Crippen LogP contribution in [-0.4, -0.2) is 23.1 Å². The predicted octanol–water partition coefficient (Wildman–Crippen LogP) is 4.47. The molecule has 0 aliphatic carbocycles. The van der Waals surface area contributed by atoms with Gasteiger partial charge in [-0.2, -0.15) is 0 Å². The lowest BCUT2D eigenvalue weighted by Gasteiger charge is -2.21. The molecule has 0 heterocycles. The van der Waals surface area contributed by atoms with Crippen LogP contribution in [0.25, 0.3) is 0 Å². The van der Waals surface area contributed by atoms with E-state index in [0.29, 0.717) is 14.9 Å². The number of carbonyl (C=O) groups excluding carboxylic acids is 1. The third-order valence-corrected chi connectivity index (χ3v) is 4.46. The molecule has 1 rings (SSSR count). The standard InChI is InChI=1S/C14H18Br2N2O3/c1-4-7(2)8(3)17-14(21)18-12-10(13(19)20)5-9(15)6-11(12)16/h5-8H,4H2,1-3H3,(H,19,20)(H2,17,18,21). The maximum Gasteiger partial charge on any atom is 0.337 e. The van der Waals surface area contributed by atoms with Crippen molar-refractivity contribution in [3.8, 4) is 0 Å². The van der Waals surface area contributed by atoms with E-state index in [9.17, 15) is 14.7 Å². The average molecular weight is 422 g/mol. The zero-order valence-electron chi connectivity index (χ0n) is 12.0. The van der Waals surface area contributed by atoms with Crippen LogP contribution >= 0.6 is 31.9 Å². The van der Waals surface area contributed by atoms with E-state index in [0.717, 1.165) is 6.42 Å². The fourth-order valence-electron chi connectivity index (χ4n) is 1.72. The lowest BCUT2D eigenvalue weighted by atomic mass is 10.0. The van der Waals surface area contributed by atoms with Gasteiger partial charge in [0, 0.05) is 15.0 Å². The lowest BCUT2D eigenvalue weighted by molar-refractivity contribution is 0.0698. The number of benzene rings is 1. The first-order chi connectivity index (χ1) is 9.76. The highest BCUT2D eigenvalue weighted by atomic mass is 79.9. The Morgan fingerprint density at radius 2 is 1.90 bits per heavy atom. The molecular weight excluding hydrogens is 404 g/mol. The quantitative estimate of drug-likeness (QED) is 0.656. The summed E-state index contributed by atoms with van der Waals surface area (Å²) in [6, 6.07) is 2.70. The molecular formula is C14H18Br2N2O3. The highest BCUT2D eigenvalue weighted by molar-refractivity contribution is 9.11. The first-order valence-corrected chi connectivity index (χ1v) is 8.14. The Morgan fingerprint density at radius 3 is 2.43 bits per heavy atom. The normalized spacial score (nSPS) is 13.4. The molecule has 1 aromatic rings. The summed E-state index contributed by atoms with van der Waals surface area (Å²) >= 11 is 6.50. The number of carboxylic acid groups (broad SMARTS) is 1. The van der Waals surface area contributed by atoms with E-state index in [1.807, 2.05) is 13.8 Å². The van der Waals surface area contributed by atoms with E-state index in [1.165, 1.54) is 6.07 Å². The summed E-state index contributed by atoms with van der Waals surface area (Å²) in [5.74, 6) is -0.773. The topological polar surface area (TPSA) is 78.4 Å². The van der Waals surface area contributed by atoms with Crippen LogP contribution in [0, 0.1) is 5.92 Å². The van der Waals surface area contributed by atoms with Gasteiger partial charge in [-0.1, -0.05) is 36.2 Å². The smallest absolute Gasteiger partial charge is 0.337 e. The maximum absolute atomic E-state index is 12.0. The summed E-state index contributed by atoms with van der Waals surface area (Å²) in [6.07, 6.45) is 0.948. The third kappa shape index (κ3) is 5.00. The molecule has 0 aromatic heterocycles. The number of rotatable bonds is 5. The summed E-state index contributed by atoms with van der Waals surface area (Å²) in [6.45, 7) is 6.01. The number of carbonyl (C=O) groups is 2. The van der Waals surface area contributed by atoms with Crippen molar-refractivity contribution in [2.75, 3.05) is 5.32 Å². The molecule has 3 N–H and O–H groups in total. The van der Waals surface area contributed by atoms with Crippen LogP contribution in [-0.2, 0) is 0 Å². The molecule has 0 saturated carbocycles. The highest BCUT2D eigenvalue weighted by Gasteiger charge is 2.18. The molecule has 21 heavy (non-hydrogen) atoms. The number of anilines is 1. The Bertz CT molecular complexity index is 549. The first kappa shape index (κ1) is 18.0. The van der Waals surface area contributed by atoms with Gasteiger partial charge in [0.15, 0.2) is 0 Å². The van der Waals surface area contributed by atoms with Gasteiger partial charge in [-0.3, -0.25) is 0 Å². The fourth-order valence-corrected chi connectivity index (χ4v) is 3.05. The molecule has 5 nitrogen and oxygen atoms in total. The van der Waals surface area contributed by atoms with Gasteiger partial charge < -0.3 is 15.7 Å². The van der Waals surface area contributed by atoms with Gasteiger partial charge in [-0.05, 0) is 40.9 Å². The fraction of sp³-hybridized carbons (Fsp3) is 0.429. The minimum absolute atomic E-state index is 0.00231. The van der Waals surface area contributed by atoms with Crippen LogP contribution in [0.2, 0.25) is 0 Å². The molecule has 0 saturated heterocycles. The maximum atomic E-state index is 12.0. The van der Waals surface area contributed by atoms with E-state index in [-0.39, 0.29) is 17.3 Å². The second-order valence-electron chi connectivity index (χ2n) is 4.89. The van der Waals surface area contributed by atoms with Crippen LogP contribution in [0.4, 0.5) is 10.5 Å². The number of carboxylic acids is 1. The van der Waals surface area contributed by atoms with Crippen molar-refractivity contribution >= 4 is 49.5 Å². The number of hydrogen-bond donors (Lipinski definition) is 3. The summed E-state index contributed by atoms with van der Waals surface area (Å²) in [7, 11) is 0. The summed E-state index contributed by atoms with van der Waals surface area (Å²) < 4.78 is 1.12. The average Bonchev–Trinajstić information content (AvgIpc) is 2.40. The lowest BCUT2D eigenvalue weighted by Crippen LogP contribution is -2.40. The van der Waals surface area contributed by atoms with Crippen LogP contribution in [0.1, 0.15) is 37.6 Å². The van der Waals surface area contributed by atoms with Gasteiger partial charge in [-0.15, -0.1) is 0 Å². The summed E-state index contributed by atoms with van der Waals surface area (Å²) in [5, 5.41) is 14.6. The van der Waals surface area contributed by atoms with Crippen molar-refractivity contribution in [2.24, 2.45) is 5.92 Å². The minimum Gasteiger partial charge on any atom is -0.478 e. The van der Waals surface area contributed by atoms with Gasteiger partial charge in [-0.25, -0.2) is 9.59 Å². The minimum atomic E-state index is -1.11. The Kier molecular flexibility index (Phi) is 6.67. The summed E-state index contributed by atoms with van der Waals surface area (Å²) in [4.78, 5) is 23.3. The van der Waals surface area contributed by atoms with Crippen LogP contribution in [0.15, 0.2) is 21.1 Å². The van der Waals surface area contributed by atoms with Gasteiger partial charge in [0.05, 0.1) is 11.3 Å². The number of aromatic carboxylic acids is 1. The molecule has 2 amide bonds. The van der Waals surface area contributed by atoms with Crippen LogP contribution in [0.3, 0.4) is 0 Å². The number of nitrogens with one attached hydrogen (secondary N) is 2. The van der Waals surface area contributed by atoms with Crippen LogP contribution in [0.5, 0.6) is 0 Å². The second kappa shape index (κ2) is 7.79. The van der Waals surface area contributed by atoms with Crippen LogP contribution < -0.4 is 10.6 Å². The Morgan fingerprint density at radius 1 is 1.29 bits per heavy atom. The van der Waals surface area contributed by atoms with Crippen molar-refractivity contribution in [3.05, 3.63) is 26.6 Å². The van der Waals surface area contributed by atoms with Gasteiger partial charge in [0.25, 0.3) is 0 Å². The zero-order chi connectivity index (χ0) is 16.2. The molecule has 2 atom stereocenters. The molecule has 0 bridgehead atoms. The van der Waals surface area contributed by atoms with Crippen molar-refractivity contribution < 1.29 is 14.7 Å². The van der Waals surface area contributed by atoms with Crippen molar-refractivity contribution in [3.63, 3.8) is 0 Å². The monoisotopic (exact) mass is 420 g/mol. The van der Waals surface area contributed by atoms with Crippen molar-refractivity contribution in [1.29, 1.82) is 0 Å². The van der Waals surface area contributed by atoms with E-state index >= 15 is 0 Å². The third-order valence-electron chi connectivity index (χ3n) is 3.38. The molecule has 2 unspecified atom stereocenters. The van der Waals surface area contributed by atoms with E-state index < -0.39 is 12.0 Å². The molecule has 0 spiro atoms. The number of halogens is 2. The number of amides is 2. The van der Waals surface area contributed by atoms with Crippen molar-refractivity contribution in [2.45, 2.75) is 33.2 Å². The van der Waals surface area contributed by atoms with E-state index in [1.54, 1.807) is 6.07 Å². The largest absolute Gasteiger partial charge is 0.478 e. The van der Waals surface area contributed by atoms with E-state index in [2.05, 4.69) is 49.4 Å². The molecule has 0 aliphatic heterocycles.